The molecule has 0 aromatic carbocycles. The summed E-state index contributed by atoms with van der Waals surface area (Å²) in [6, 6.07) is 0. The fourth-order valence-corrected chi connectivity index (χ4v) is 1.30. The van der Waals surface area contributed by atoms with Crippen molar-refractivity contribution < 1.29 is 17.1 Å². The Morgan fingerprint density at radius 1 is 2.00 bits per heavy atom. The molecule has 0 aromatic heterocycles. The zero-order chi connectivity index (χ0) is 4.12. The van der Waals surface area contributed by atoms with Crippen LogP contribution in [0.15, 0.2) is 12.7 Å². The van der Waals surface area contributed by atoms with Crippen molar-refractivity contribution in [2.24, 2.45) is 0 Å². The fraction of sp³-hybridized carbons (Fsp3) is 0.333. The Bertz CT molecular complexity index is 28.1. The van der Waals surface area contributed by atoms with E-state index < -0.39 is 0 Å². The fourth-order valence-electron chi connectivity index (χ4n) is 0.0833. The molecule has 25 valence electrons. The minimum atomic E-state index is 1.12. The summed E-state index contributed by atoms with van der Waals surface area (Å²) in [6.07, 6.45) is 1.92. The third-order valence-electron chi connectivity index (χ3n) is 0.236. The summed E-state index contributed by atoms with van der Waals surface area (Å²) in [5.74, 6) is 1.12. The zero-order valence-electron chi connectivity index (χ0n) is 3.11. The quantitative estimate of drug-likeness (QED) is 0.410. The summed E-state index contributed by atoms with van der Waals surface area (Å²) in [6.45, 7) is 3.55. The van der Waals surface area contributed by atoms with Crippen LogP contribution in [0.1, 0.15) is 0 Å². The molecule has 0 aliphatic heterocycles. The Balaban J connectivity index is 2.40. The normalized spacial score (nSPS) is 7.60. The van der Waals surface area contributed by atoms with Gasteiger partial charge in [-0.05, 0) is 0 Å². The predicted octanol–water partition coefficient (Wildman–Crippen LogP) is 1.37. The average molecular weight is 139 g/mol. The SMILES string of the molecule is C=CC[S][Zn]. The number of hydrogen-bond acceptors (Lipinski definition) is 1. The third-order valence-corrected chi connectivity index (χ3v) is 2.19. The van der Waals surface area contributed by atoms with Crippen molar-refractivity contribution in [2.45, 2.75) is 0 Å². The van der Waals surface area contributed by atoms with Gasteiger partial charge in [-0.2, -0.15) is 0 Å². The molecule has 0 saturated heterocycles. The second-order valence-electron chi connectivity index (χ2n) is 0.659. The van der Waals surface area contributed by atoms with Crippen LogP contribution in [0, 0.1) is 0 Å². The van der Waals surface area contributed by atoms with Gasteiger partial charge in [-0.15, -0.1) is 0 Å². The van der Waals surface area contributed by atoms with Gasteiger partial charge in [-0.3, -0.25) is 0 Å². The Morgan fingerprint density at radius 2 is 2.60 bits per heavy atom. The number of hydrogen-bond donors (Lipinski definition) is 0. The van der Waals surface area contributed by atoms with Crippen LogP contribution in [-0.4, -0.2) is 5.75 Å². The average Bonchev–Trinajstić information content (AvgIpc) is 1.41. The van der Waals surface area contributed by atoms with Gasteiger partial charge in [-0.1, -0.05) is 0 Å². The second kappa shape index (κ2) is 4.71. The van der Waals surface area contributed by atoms with E-state index in [-0.39, 0.29) is 0 Å². The molecule has 0 aromatic rings. The predicted molar refractivity (Wildman–Crippen MR) is 22.7 cm³/mol. The summed E-state index contributed by atoms with van der Waals surface area (Å²) in [5, 5.41) is 0. The molecule has 0 radical (unpaired) electrons. The van der Waals surface area contributed by atoms with Gasteiger partial charge >= 0.3 is 45.2 Å². The Hall–Kier alpha value is 0.713. The van der Waals surface area contributed by atoms with Crippen LogP contribution in [0.5, 0.6) is 0 Å². The molecule has 0 bridgehead atoms. The maximum atomic E-state index is 3.55. The van der Waals surface area contributed by atoms with Crippen LogP contribution in [0.3, 0.4) is 0 Å². The first-order valence-electron chi connectivity index (χ1n) is 1.39. The van der Waals surface area contributed by atoms with Crippen LogP contribution in [0.4, 0.5) is 0 Å². The standard InChI is InChI=1S/C3H6S.Zn/c1-2-3-4;/h2,4H,1,3H2;/q;+1/p-1. The first-order valence-corrected chi connectivity index (χ1v) is 6.18. The van der Waals surface area contributed by atoms with Gasteiger partial charge < -0.3 is 0 Å². The summed E-state index contributed by atoms with van der Waals surface area (Å²) < 4.78 is 0. The van der Waals surface area contributed by atoms with Crippen molar-refractivity contribution in [3.05, 3.63) is 12.7 Å². The molecular weight excluding hydrogens is 133 g/mol. The summed E-state index contributed by atoms with van der Waals surface area (Å²) >= 11 is 1.33. The summed E-state index contributed by atoms with van der Waals surface area (Å²) in [4.78, 5) is 0. The van der Waals surface area contributed by atoms with Crippen molar-refractivity contribution in [3.63, 3.8) is 0 Å². The molecule has 0 N–H and O–H groups in total. The van der Waals surface area contributed by atoms with E-state index in [4.69, 9.17) is 0 Å². The van der Waals surface area contributed by atoms with Gasteiger partial charge in [0.05, 0.1) is 0 Å². The van der Waals surface area contributed by atoms with Crippen LogP contribution in [-0.2, 0) is 17.1 Å². The molecule has 0 saturated carbocycles. The van der Waals surface area contributed by atoms with Gasteiger partial charge in [0, 0.05) is 0 Å². The second-order valence-corrected chi connectivity index (χ2v) is 3.97. The van der Waals surface area contributed by atoms with Crippen molar-refractivity contribution in [2.75, 3.05) is 5.75 Å². The zero-order valence-corrected chi connectivity index (χ0v) is 6.89. The topological polar surface area (TPSA) is 0 Å². The van der Waals surface area contributed by atoms with E-state index >= 15 is 0 Å². The molecule has 2 heteroatoms. The molecule has 0 rings (SSSR count). The molecule has 0 aliphatic carbocycles. The van der Waals surface area contributed by atoms with Gasteiger partial charge in [0.15, 0.2) is 0 Å². The third kappa shape index (κ3) is 4.71. The van der Waals surface area contributed by atoms with Crippen molar-refractivity contribution in [1.29, 1.82) is 0 Å². The molecule has 0 spiro atoms. The van der Waals surface area contributed by atoms with E-state index in [9.17, 15) is 0 Å². The molecule has 0 fully saturated rings. The van der Waals surface area contributed by atoms with E-state index in [1.165, 1.54) is 17.1 Å². The van der Waals surface area contributed by atoms with E-state index in [1.807, 2.05) is 15.8 Å². The van der Waals surface area contributed by atoms with Crippen LogP contribution in [0.2, 0.25) is 0 Å². The van der Waals surface area contributed by atoms with Gasteiger partial charge in [-0.25, -0.2) is 0 Å². The van der Waals surface area contributed by atoms with Crippen molar-refractivity contribution >= 4 is 9.75 Å². The van der Waals surface area contributed by atoms with Crippen LogP contribution in [0.25, 0.3) is 0 Å². The summed E-state index contributed by atoms with van der Waals surface area (Å²) in [7, 11) is 1.91. The first kappa shape index (κ1) is 5.71. The van der Waals surface area contributed by atoms with Gasteiger partial charge in [0.2, 0.25) is 0 Å². The number of rotatable bonds is 2. The molecule has 0 atom stereocenters. The van der Waals surface area contributed by atoms with Gasteiger partial charge in [0.1, 0.15) is 0 Å². The molecule has 0 aliphatic rings. The monoisotopic (exact) mass is 137 g/mol. The Morgan fingerprint density at radius 3 is 2.60 bits per heavy atom. The maximum absolute atomic E-state index is 3.55. The van der Waals surface area contributed by atoms with E-state index in [1.54, 1.807) is 0 Å². The minimum absolute atomic E-state index is 1.12. The van der Waals surface area contributed by atoms with E-state index in [0.29, 0.717) is 0 Å². The molecule has 0 unspecified atom stereocenters. The van der Waals surface area contributed by atoms with Crippen LogP contribution >= 0.6 is 9.75 Å². The van der Waals surface area contributed by atoms with Crippen molar-refractivity contribution in [3.8, 4) is 0 Å². The molecule has 0 amide bonds. The molecule has 0 nitrogen and oxygen atoms in total. The van der Waals surface area contributed by atoms with Crippen LogP contribution < -0.4 is 0 Å². The molecular formula is C3H5SZn. The molecule has 5 heavy (non-hydrogen) atoms. The Labute approximate surface area is 45.5 Å². The van der Waals surface area contributed by atoms with E-state index in [2.05, 4.69) is 6.58 Å². The first-order chi connectivity index (χ1) is 2.41. The summed E-state index contributed by atoms with van der Waals surface area (Å²) in [5.41, 5.74) is 0. The van der Waals surface area contributed by atoms with Crippen molar-refractivity contribution in [1.82, 2.24) is 0 Å². The molecule has 0 heterocycles. The Kier molecular flexibility index (Phi) is 5.39. The van der Waals surface area contributed by atoms with Gasteiger partial charge in [0.25, 0.3) is 0 Å². The van der Waals surface area contributed by atoms with E-state index in [0.717, 1.165) is 5.75 Å².